The molecule has 3 aromatic rings. The molecule has 3 aromatic carbocycles. The predicted octanol–water partition coefficient (Wildman–Crippen LogP) is 3.81. The van der Waals surface area contributed by atoms with E-state index in [4.69, 9.17) is 0 Å². The molecule has 0 aromatic heterocycles. The highest BCUT2D eigenvalue weighted by molar-refractivity contribution is 5.76. The van der Waals surface area contributed by atoms with Crippen molar-refractivity contribution >= 4 is 11.9 Å². The van der Waals surface area contributed by atoms with Crippen LogP contribution in [-0.4, -0.2) is 32.7 Å². The fourth-order valence-corrected chi connectivity index (χ4v) is 2.73. The van der Waals surface area contributed by atoms with Gasteiger partial charge >= 0.3 is 0 Å². The van der Waals surface area contributed by atoms with Crippen molar-refractivity contribution in [3.05, 3.63) is 83.9 Å². The summed E-state index contributed by atoms with van der Waals surface area (Å²) in [6.45, 7) is 0.484. The van der Waals surface area contributed by atoms with Crippen LogP contribution in [0.5, 0.6) is 17.2 Å². The SMILES string of the molecule is Oc1ccccc1[N+](=Cc1ccccc1)CCc1c(O)cccc1O. The fraction of sp³-hybridized carbons (Fsp3) is 0.0952. The number of benzene rings is 3. The third-order valence-electron chi connectivity index (χ3n) is 4.02. The first kappa shape index (κ1) is 16.6. The van der Waals surface area contributed by atoms with Crippen LogP contribution >= 0.6 is 0 Å². The van der Waals surface area contributed by atoms with Crippen LogP contribution in [0.1, 0.15) is 11.1 Å². The molecule has 0 unspecified atom stereocenters. The maximum Gasteiger partial charge on any atom is 0.247 e. The number of hydrogen-bond donors (Lipinski definition) is 3. The summed E-state index contributed by atoms with van der Waals surface area (Å²) in [6, 6.07) is 21.6. The van der Waals surface area contributed by atoms with Crippen molar-refractivity contribution in [2.24, 2.45) is 0 Å². The Hall–Kier alpha value is -3.27. The molecule has 0 saturated carbocycles. The van der Waals surface area contributed by atoms with E-state index in [1.54, 1.807) is 30.3 Å². The van der Waals surface area contributed by atoms with Gasteiger partial charge in [0.15, 0.2) is 18.5 Å². The molecule has 4 nitrogen and oxygen atoms in total. The van der Waals surface area contributed by atoms with E-state index in [1.807, 2.05) is 53.3 Å². The van der Waals surface area contributed by atoms with Crippen LogP contribution in [0.4, 0.5) is 5.69 Å². The van der Waals surface area contributed by atoms with Gasteiger partial charge in [0, 0.05) is 23.6 Å². The molecule has 0 aliphatic carbocycles. The number of para-hydroxylation sites is 2. The molecule has 0 aliphatic heterocycles. The number of phenolic OH excluding ortho intramolecular Hbond substituents is 3. The summed E-state index contributed by atoms with van der Waals surface area (Å²) in [6.07, 6.45) is 2.36. The molecule has 25 heavy (non-hydrogen) atoms. The minimum Gasteiger partial charge on any atom is -0.508 e. The molecule has 4 heteroatoms. The van der Waals surface area contributed by atoms with Crippen molar-refractivity contribution in [2.45, 2.75) is 6.42 Å². The third kappa shape index (κ3) is 3.98. The number of phenols is 3. The van der Waals surface area contributed by atoms with Crippen molar-refractivity contribution in [2.75, 3.05) is 6.54 Å². The molecular weight excluding hydrogens is 314 g/mol. The van der Waals surface area contributed by atoms with E-state index in [0.29, 0.717) is 24.2 Å². The Morgan fingerprint density at radius 3 is 1.96 bits per heavy atom. The van der Waals surface area contributed by atoms with E-state index >= 15 is 0 Å². The zero-order valence-corrected chi connectivity index (χ0v) is 13.7. The maximum atomic E-state index is 10.2. The summed E-state index contributed by atoms with van der Waals surface area (Å²) < 4.78 is 1.91. The maximum absolute atomic E-state index is 10.2. The van der Waals surface area contributed by atoms with Gasteiger partial charge in [0.25, 0.3) is 0 Å². The zero-order chi connectivity index (χ0) is 17.6. The van der Waals surface area contributed by atoms with Crippen molar-refractivity contribution in [1.82, 2.24) is 0 Å². The smallest absolute Gasteiger partial charge is 0.247 e. The minimum absolute atomic E-state index is 0.0666. The van der Waals surface area contributed by atoms with E-state index in [9.17, 15) is 15.3 Å². The Bertz CT molecular complexity index is 868. The second-order valence-corrected chi connectivity index (χ2v) is 5.75. The lowest BCUT2D eigenvalue weighted by molar-refractivity contribution is -0.435. The van der Waals surface area contributed by atoms with Crippen LogP contribution in [-0.2, 0) is 6.42 Å². The van der Waals surface area contributed by atoms with E-state index in [1.165, 1.54) is 0 Å². The number of aromatic hydroxyl groups is 3. The molecule has 0 fully saturated rings. The molecule has 3 rings (SSSR count). The molecule has 126 valence electrons. The van der Waals surface area contributed by atoms with Crippen LogP contribution in [0.3, 0.4) is 0 Å². The van der Waals surface area contributed by atoms with Gasteiger partial charge in [-0.1, -0.05) is 36.4 Å². The van der Waals surface area contributed by atoms with Crippen LogP contribution in [0.2, 0.25) is 0 Å². The highest BCUT2D eigenvalue weighted by atomic mass is 16.3. The highest BCUT2D eigenvalue weighted by Gasteiger charge is 2.17. The predicted molar refractivity (Wildman–Crippen MR) is 98.0 cm³/mol. The molecule has 0 bridgehead atoms. The third-order valence-corrected chi connectivity index (χ3v) is 4.02. The molecule has 0 saturated heterocycles. The van der Waals surface area contributed by atoms with Crippen LogP contribution in [0.15, 0.2) is 72.8 Å². The van der Waals surface area contributed by atoms with Gasteiger partial charge in [0.2, 0.25) is 5.69 Å². The average molecular weight is 334 g/mol. The molecule has 0 radical (unpaired) electrons. The quantitative estimate of drug-likeness (QED) is 0.491. The first-order chi connectivity index (χ1) is 12.1. The zero-order valence-electron chi connectivity index (χ0n) is 13.7. The van der Waals surface area contributed by atoms with E-state index in [0.717, 1.165) is 5.56 Å². The summed E-state index contributed by atoms with van der Waals surface area (Å²) in [5, 5.41) is 30.2. The summed E-state index contributed by atoms with van der Waals surface area (Å²) >= 11 is 0. The molecule has 0 atom stereocenters. The Labute approximate surface area is 146 Å². The van der Waals surface area contributed by atoms with Crippen molar-refractivity contribution in [3.63, 3.8) is 0 Å². The van der Waals surface area contributed by atoms with Gasteiger partial charge < -0.3 is 15.3 Å². The Kier molecular flexibility index (Phi) is 5.00. The van der Waals surface area contributed by atoms with E-state index < -0.39 is 0 Å². The largest absolute Gasteiger partial charge is 0.508 e. The Balaban J connectivity index is 1.95. The van der Waals surface area contributed by atoms with Crippen molar-refractivity contribution < 1.29 is 19.9 Å². The first-order valence-electron chi connectivity index (χ1n) is 8.09. The van der Waals surface area contributed by atoms with Crippen LogP contribution in [0.25, 0.3) is 0 Å². The topological polar surface area (TPSA) is 63.7 Å². The molecular formula is C21H20NO3+. The van der Waals surface area contributed by atoms with Gasteiger partial charge in [0.05, 0.1) is 0 Å². The van der Waals surface area contributed by atoms with Gasteiger partial charge in [-0.3, -0.25) is 0 Å². The van der Waals surface area contributed by atoms with Crippen LogP contribution < -0.4 is 0 Å². The monoisotopic (exact) mass is 334 g/mol. The van der Waals surface area contributed by atoms with Crippen molar-refractivity contribution in [3.8, 4) is 17.2 Å². The summed E-state index contributed by atoms with van der Waals surface area (Å²) in [5.74, 6) is 0.310. The van der Waals surface area contributed by atoms with E-state index in [2.05, 4.69) is 0 Å². The lowest BCUT2D eigenvalue weighted by Gasteiger charge is -2.08. The molecule has 0 amide bonds. The lowest BCUT2D eigenvalue weighted by Crippen LogP contribution is -2.12. The summed E-state index contributed by atoms with van der Waals surface area (Å²) in [7, 11) is 0. The van der Waals surface area contributed by atoms with Gasteiger partial charge in [-0.05, 0) is 30.3 Å². The lowest BCUT2D eigenvalue weighted by atomic mass is 10.1. The fourth-order valence-electron chi connectivity index (χ4n) is 2.73. The minimum atomic E-state index is 0.0666. The first-order valence-corrected chi connectivity index (χ1v) is 8.09. The number of hydrogen-bond acceptors (Lipinski definition) is 3. The van der Waals surface area contributed by atoms with Crippen molar-refractivity contribution in [1.29, 1.82) is 0 Å². The van der Waals surface area contributed by atoms with Crippen LogP contribution in [0, 0.1) is 0 Å². The number of rotatable bonds is 5. The summed E-state index contributed by atoms with van der Waals surface area (Å²) in [4.78, 5) is 0. The second-order valence-electron chi connectivity index (χ2n) is 5.75. The van der Waals surface area contributed by atoms with Gasteiger partial charge in [-0.25, -0.2) is 0 Å². The Morgan fingerprint density at radius 2 is 1.28 bits per heavy atom. The number of nitrogens with zero attached hydrogens (tertiary/aromatic N) is 1. The molecule has 3 N–H and O–H groups in total. The second kappa shape index (κ2) is 7.53. The summed E-state index contributed by atoms with van der Waals surface area (Å²) in [5.41, 5.74) is 2.15. The molecule has 0 heterocycles. The Morgan fingerprint density at radius 1 is 0.680 bits per heavy atom. The average Bonchev–Trinajstić information content (AvgIpc) is 2.62. The normalized spacial score (nSPS) is 11.4. The standard InChI is InChI=1S/C21H19NO3/c23-19-11-6-12-20(24)17(19)13-14-22(15-16-7-2-1-3-8-16)18-9-4-5-10-21(18)25/h1-12,15H,13-14H2,(H2-,23,24,25)/p+1. The highest BCUT2D eigenvalue weighted by Crippen LogP contribution is 2.29. The van der Waals surface area contributed by atoms with E-state index in [-0.39, 0.29) is 17.2 Å². The van der Waals surface area contributed by atoms with Gasteiger partial charge in [0.1, 0.15) is 11.5 Å². The molecule has 0 spiro atoms. The molecule has 0 aliphatic rings. The van der Waals surface area contributed by atoms with Gasteiger partial charge in [-0.2, -0.15) is 4.58 Å². The van der Waals surface area contributed by atoms with Gasteiger partial charge in [-0.15, -0.1) is 0 Å².